The number of carbonyl (C=O) groups excluding carboxylic acids is 2. The zero-order valence-electron chi connectivity index (χ0n) is 32.3. The van der Waals surface area contributed by atoms with Crippen molar-refractivity contribution in [1.29, 1.82) is 0 Å². The number of amides is 2. The lowest BCUT2D eigenvalue weighted by molar-refractivity contribution is -0.135. The molecule has 2 aromatic rings. The second-order valence-corrected chi connectivity index (χ2v) is 20.0. The predicted molar refractivity (Wildman–Crippen MR) is 206 cm³/mol. The Bertz CT molecular complexity index is 1780. The topological polar surface area (TPSA) is 204 Å². The van der Waals surface area contributed by atoms with Gasteiger partial charge in [0.1, 0.15) is 11.5 Å². The first-order valence-electron chi connectivity index (χ1n) is 19.9. The summed E-state index contributed by atoms with van der Waals surface area (Å²) in [5.74, 6) is 1.28. The number of rotatable bonds is 13. The van der Waals surface area contributed by atoms with Crippen molar-refractivity contribution in [3.8, 4) is 11.5 Å². The third kappa shape index (κ3) is 9.87. The average Bonchev–Trinajstić information content (AvgIpc) is 3.24. The summed E-state index contributed by atoms with van der Waals surface area (Å²) in [5, 5.41) is 18.2. The minimum Gasteiger partial charge on any atom is -0.494 e. The van der Waals surface area contributed by atoms with Gasteiger partial charge in [-0.15, -0.1) is 0 Å². The Morgan fingerprint density at radius 2 is 1.09 bits per heavy atom. The number of ether oxygens (including phenoxy) is 4. The standard InChI is InChI=1S/2C20H29NO6S/c1-15-4-2-3-5-16(15)14-27-17-6-8-18(9-7-17)28(24,25)20(19(22)21-23)10-12-26-13-11-20;22-19(21-23)20(11-14-26-15-12-20)28(24,25)18-8-6-17(7-9-18)27-13-10-16-4-2-1-3-5-16/h6-9,15-16,23H,2-5,10-14H2,1H3,(H,21,22);6-9,16,23H,1-5,10-15H2,(H,21,22). The number of benzene rings is 2. The molecule has 0 bridgehead atoms. The molecule has 4 aliphatic rings. The Hall–Kier alpha value is -3.28. The molecule has 56 heavy (non-hydrogen) atoms. The Balaban J connectivity index is 0.000000214. The molecular weight excluding hydrogens is 765 g/mol. The van der Waals surface area contributed by atoms with Crippen LogP contribution in [0.3, 0.4) is 0 Å². The van der Waals surface area contributed by atoms with E-state index in [0.29, 0.717) is 36.5 Å². The molecule has 2 aromatic carbocycles. The van der Waals surface area contributed by atoms with Crippen molar-refractivity contribution in [3.63, 3.8) is 0 Å². The van der Waals surface area contributed by atoms with E-state index in [2.05, 4.69) is 6.92 Å². The molecule has 4 fully saturated rings. The number of sulfone groups is 2. The molecule has 0 radical (unpaired) electrons. The molecule has 2 saturated carbocycles. The number of hydrogen-bond donors (Lipinski definition) is 4. The van der Waals surface area contributed by atoms with E-state index in [1.807, 2.05) is 0 Å². The molecule has 2 heterocycles. The van der Waals surface area contributed by atoms with E-state index in [9.17, 15) is 26.4 Å². The minimum absolute atomic E-state index is 0.000450. The van der Waals surface area contributed by atoms with E-state index in [4.69, 9.17) is 29.4 Å². The molecule has 14 nitrogen and oxygen atoms in total. The minimum atomic E-state index is -4.00. The molecule has 6 rings (SSSR count). The molecule has 2 amide bonds. The predicted octanol–water partition coefficient (Wildman–Crippen LogP) is 5.58. The van der Waals surface area contributed by atoms with Crippen LogP contribution in [0.15, 0.2) is 58.3 Å². The maximum absolute atomic E-state index is 13.2. The lowest BCUT2D eigenvalue weighted by atomic mass is 9.81. The summed E-state index contributed by atoms with van der Waals surface area (Å²) >= 11 is 0. The molecule has 0 aromatic heterocycles. The molecule has 312 valence electrons. The van der Waals surface area contributed by atoms with E-state index in [1.54, 1.807) is 24.3 Å². The molecule has 2 unspecified atom stereocenters. The van der Waals surface area contributed by atoms with Gasteiger partial charge in [0, 0.05) is 26.4 Å². The number of hydroxylamine groups is 2. The van der Waals surface area contributed by atoms with Crippen LogP contribution >= 0.6 is 0 Å². The molecule has 2 aliphatic heterocycles. The maximum Gasteiger partial charge on any atom is 0.265 e. The Morgan fingerprint density at radius 3 is 1.54 bits per heavy atom. The van der Waals surface area contributed by atoms with Gasteiger partial charge in [-0.2, -0.15) is 0 Å². The summed E-state index contributed by atoms with van der Waals surface area (Å²) < 4.78 is 71.4. The molecule has 2 saturated heterocycles. The molecule has 2 atom stereocenters. The number of nitrogens with one attached hydrogen (secondary N) is 2. The summed E-state index contributed by atoms with van der Waals surface area (Å²) in [7, 11) is -8.00. The molecule has 0 spiro atoms. The van der Waals surface area contributed by atoms with Crippen LogP contribution in [-0.2, 0) is 38.7 Å². The van der Waals surface area contributed by atoms with Gasteiger partial charge in [-0.3, -0.25) is 20.0 Å². The van der Waals surface area contributed by atoms with Crippen LogP contribution in [-0.4, -0.2) is 88.2 Å². The monoisotopic (exact) mass is 822 g/mol. The van der Waals surface area contributed by atoms with Crippen LogP contribution in [0, 0.1) is 17.8 Å². The van der Waals surface area contributed by atoms with Crippen LogP contribution in [0.1, 0.15) is 96.8 Å². The van der Waals surface area contributed by atoms with E-state index >= 15 is 0 Å². The molecule has 4 N–H and O–H groups in total. The van der Waals surface area contributed by atoms with Crippen LogP contribution in [0.5, 0.6) is 11.5 Å². The summed E-state index contributed by atoms with van der Waals surface area (Å²) in [5.41, 5.74) is 3.05. The maximum atomic E-state index is 13.2. The van der Waals surface area contributed by atoms with E-state index in [0.717, 1.165) is 18.8 Å². The van der Waals surface area contributed by atoms with Crippen molar-refractivity contribution in [2.75, 3.05) is 39.6 Å². The number of carbonyl (C=O) groups is 2. The molecular formula is C40H58N2O12S2. The summed E-state index contributed by atoms with van der Waals surface area (Å²) in [6.07, 6.45) is 12.4. The first-order valence-corrected chi connectivity index (χ1v) is 22.9. The van der Waals surface area contributed by atoms with Gasteiger partial charge in [0.25, 0.3) is 11.8 Å². The third-order valence-electron chi connectivity index (χ3n) is 12.2. The van der Waals surface area contributed by atoms with Gasteiger partial charge in [0.2, 0.25) is 0 Å². The molecule has 16 heteroatoms. The highest BCUT2D eigenvalue weighted by molar-refractivity contribution is 7.94. The third-order valence-corrected chi connectivity index (χ3v) is 17.2. The fourth-order valence-corrected chi connectivity index (χ4v) is 12.3. The highest BCUT2D eigenvalue weighted by atomic mass is 32.2. The van der Waals surface area contributed by atoms with Crippen LogP contribution in [0.25, 0.3) is 0 Å². The highest BCUT2D eigenvalue weighted by Crippen LogP contribution is 2.38. The lowest BCUT2D eigenvalue weighted by Crippen LogP contribution is -2.54. The zero-order chi connectivity index (χ0) is 40.2. The largest absolute Gasteiger partial charge is 0.494 e. The summed E-state index contributed by atoms with van der Waals surface area (Å²) in [4.78, 5) is 24.6. The number of hydrogen-bond acceptors (Lipinski definition) is 12. The van der Waals surface area contributed by atoms with Crippen molar-refractivity contribution in [2.24, 2.45) is 17.8 Å². The second kappa shape index (κ2) is 19.9. The summed E-state index contributed by atoms with van der Waals surface area (Å²) in [6.45, 7) is 4.08. The molecule has 2 aliphatic carbocycles. The van der Waals surface area contributed by atoms with Gasteiger partial charge in [-0.25, -0.2) is 27.8 Å². The SMILES string of the molecule is CC1CCCCC1COc1ccc(S(=O)(=O)C2(C(=O)NO)CCOCC2)cc1.O=C(NO)C1(S(=O)(=O)c2ccc(OCCC3CCCCC3)cc2)CCOCC1. The first-order chi connectivity index (χ1) is 26.9. The lowest BCUT2D eigenvalue weighted by Gasteiger charge is -2.34. The normalized spacial score (nSPS) is 22.8. The van der Waals surface area contributed by atoms with Gasteiger partial charge in [-0.05, 0) is 105 Å². The Morgan fingerprint density at radius 1 is 0.661 bits per heavy atom. The van der Waals surface area contributed by atoms with Gasteiger partial charge >= 0.3 is 0 Å². The van der Waals surface area contributed by atoms with E-state index in [1.165, 1.54) is 86.6 Å². The van der Waals surface area contributed by atoms with Crippen LogP contribution in [0.4, 0.5) is 0 Å². The fraction of sp³-hybridized carbons (Fsp3) is 0.650. The van der Waals surface area contributed by atoms with Crippen molar-refractivity contribution >= 4 is 31.5 Å². The van der Waals surface area contributed by atoms with Gasteiger partial charge in [-0.1, -0.05) is 58.3 Å². The highest BCUT2D eigenvalue weighted by Gasteiger charge is 2.53. The quantitative estimate of drug-likeness (QED) is 0.144. The average molecular weight is 823 g/mol. The zero-order valence-corrected chi connectivity index (χ0v) is 33.9. The van der Waals surface area contributed by atoms with E-state index < -0.39 is 41.0 Å². The second-order valence-electron chi connectivity index (χ2n) is 15.5. The van der Waals surface area contributed by atoms with Crippen LogP contribution in [0.2, 0.25) is 0 Å². The van der Waals surface area contributed by atoms with Gasteiger partial charge < -0.3 is 18.9 Å². The van der Waals surface area contributed by atoms with Gasteiger partial charge in [0.15, 0.2) is 29.2 Å². The Kier molecular flexibility index (Phi) is 15.6. The van der Waals surface area contributed by atoms with Crippen molar-refractivity contribution in [3.05, 3.63) is 48.5 Å². The first kappa shape index (κ1) is 43.8. The van der Waals surface area contributed by atoms with Crippen LogP contribution < -0.4 is 20.4 Å². The van der Waals surface area contributed by atoms with Gasteiger partial charge in [0.05, 0.1) is 23.0 Å². The fourth-order valence-electron chi connectivity index (χ4n) is 8.39. The van der Waals surface area contributed by atoms with Crippen molar-refractivity contribution in [2.45, 2.75) is 116 Å². The smallest absolute Gasteiger partial charge is 0.265 e. The van der Waals surface area contributed by atoms with Crippen molar-refractivity contribution in [1.82, 2.24) is 11.0 Å². The Labute approximate surface area is 330 Å². The van der Waals surface area contributed by atoms with Crippen molar-refractivity contribution < 1.29 is 55.8 Å². The van der Waals surface area contributed by atoms with E-state index in [-0.39, 0.29) is 61.9 Å². The summed E-state index contributed by atoms with van der Waals surface area (Å²) in [6, 6.07) is 12.4.